The van der Waals surface area contributed by atoms with Gasteiger partial charge in [-0.1, -0.05) is 36.9 Å². The summed E-state index contributed by atoms with van der Waals surface area (Å²) >= 11 is 0. The molecular weight excluding hydrogens is 435 g/mol. The van der Waals surface area contributed by atoms with E-state index in [2.05, 4.69) is 21.9 Å². The first kappa shape index (κ1) is 22.5. The molecule has 0 saturated heterocycles. The zero-order valence-electron chi connectivity index (χ0n) is 18.1. The first-order valence-electron chi connectivity index (χ1n) is 10.3. The summed E-state index contributed by atoms with van der Waals surface area (Å²) in [5, 5.41) is 2.68. The van der Waals surface area contributed by atoms with Crippen molar-refractivity contribution in [2.45, 2.75) is 6.61 Å². The maximum absolute atomic E-state index is 13.1. The summed E-state index contributed by atoms with van der Waals surface area (Å²) in [5.74, 6) is 0.991. The molecule has 4 aromatic rings. The summed E-state index contributed by atoms with van der Waals surface area (Å²) in [6.07, 6.45) is 2.50. The van der Waals surface area contributed by atoms with Gasteiger partial charge in [-0.15, -0.1) is 0 Å². The molecule has 0 aliphatic heterocycles. The van der Waals surface area contributed by atoms with Gasteiger partial charge in [0.15, 0.2) is 0 Å². The van der Waals surface area contributed by atoms with Crippen molar-refractivity contribution in [3.8, 4) is 28.5 Å². The van der Waals surface area contributed by atoms with Crippen molar-refractivity contribution in [2.75, 3.05) is 11.1 Å². The molecular formula is C26H21FN4O3. The number of nitrogens with two attached hydrogens (primary N) is 1. The minimum absolute atomic E-state index is 0.251. The first-order valence-corrected chi connectivity index (χ1v) is 10.3. The van der Waals surface area contributed by atoms with Crippen LogP contribution in [0.25, 0.3) is 11.1 Å². The monoisotopic (exact) mass is 456 g/mol. The molecule has 0 fully saturated rings. The van der Waals surface area contributed by atoms with Gasteiger partial charge in [0.2, 0.25) is 11.8 Å². The van der Waals surface area contributed by atoms with Crippen LogP contribution in [0.2, 0.25) is 0 Å². The molecule has 0 aliphatic rings. The summed E-state index contributed by atoms with van der Waals surface area (Å²) < 4.78 is 24.8. The molecule has 1 amide bonds. The molecule has 170 valence electrons. The van der Waals surface area contributed by atoms with Gasteiger partial charge in [-0.3, -0.25) is 4.79 Å². The van der Waals surface area contributed by atoms with Crippen molar-refractivity contribution in [1.82, 2.24) is 9.97 Å². The molecule has 4 rings (SSSR count). The predicted octanol–water partition coefficient (Wildman–Crippen LogP) is 5.36. The number of anilines is 2. The van der Waals surface area contributed by atoms with Crippen LogP contribution in [0.4, 0.5) is 15.9 Å². The van der Waals surface area contributed by atoms with Crippen molar-refractivity contribution < 1.29 is 18.7 Å². The van der Waals surface area contributed by atoms with E-state index >= 15 is 0 Å². The minimum Gasteiger partial charge on any atom is -0.489 e. The van der Waals surface area contributed by atoms with Crippen LogP contribution < -0.4 is 20.5 Å². The highest BCUT2D eigenvalue weighted by Crippen LogP contribution is 2.36. The number of nitrogen functional groups attached to an aromatic ring is 1. The highest BCUT2D eigenvalue weighted by atomic mass is 19.1. The van der Waals surface area contributed by atoms with Crippen molar-refractivity contribution in [1.29, 1.82) is 0 Å². The minimum atomic E-state index is -0.328. The lowest BCUT2D eigenvalue weighted by atomic mass is 10.1. The average molecular weight is 456 g/mol. The number of rotatable bonds is 8. The quantitative estimate of drug-likeness (QED) is 0.346. The lowest BCUT2D eigenvalue weighted by Gasteiger charge is -2.13. The maximum atomic E-state index is 13.1. The summed E-state index contributed by atoms with van der Waals surface area (Å²) in [5.41, 5.74) is 8.81. The van der Waals surface area contributed by atoms with Gasteiger partial charge in [-0.25, -0.2) is 14.4 Å². The number of hydrogen-bond acceptors (Lipinski definition) is 6. The first-order chi connectivity index (χ1) is 16.5. The van der Waals surface area contributed by atoms with Crippen molar-refractivity contribution in [3.05, 3.63) is 103 Å². The molecule has 0 spiro atoms. The van der Waals surface area contributed by atoms with E-state index in [9.17, 15) is 9.18 Å². The van der Waals surface area contributed by atoms with Crippen LogP contribution in [0.5, 0.6) is 17.4 Å². The molecule has 34 heavy (non-hydrogen) atoms. The third kappa shape index (κ3) is 5.55. The number of hydrogen-bond donors (Lipinski definition) is 2. The van der Waals surface area contributed by atoms with E-state index in [0.717, 1.165) is 11.1 Å². The van der Waals surface area contributed by atoms with Crippen LogP contribution >= 0.6 is 0 Å². The summed E-state index contributed by atoms with van der Waals surface area (Å²) in [6, 6.07) is 20.2. The fraction of sp³-hybridized carbons (Fsp3) is 0.0385. The number of nitrogens with one attached hydrogen (secondary N) is 1. The lowest BCUT2D eigenvalue weighted by molar-refractivity contribution is -0.111. The van der Waals surface area contributed by atoms with E-state index < -0.39 is 0 Å². The second kappa shape index (κ2) is 10.3. The SMILES string of the molecule is C=CC(=O)Nc1cccc(Oc2ncnc(N)c2-c2ccc(OCc3ccc(F)cc3)cc2)c1. The fourth-order valence-electron chi connectivity index (χ4n) is 3.14. The van der Waals surface area contributed by atoms with E-state index in [1.165, 1.54) is 24.5 Å². The Morgan fingerprint density at radius 2 is 1.79 bits per heavy atom. The molecule has 0 radical (unpaired) electrons. The Labute approximate surface area is 195 Å². The Bertz CT molecular complexity index is 1310. The molecule has 0 bridgehead atoms. The van der Waals surface area contributed by atoms with Crippen LogP contribution in [0.3, 0.4) is 0 Å². The summed E-state index contributed by atoms with van der Waals surface area (Å²) in [7, 11) is 0. The van der Waals surface area contributed by atoms with E-state index in [1.807, 2.05) is 12.1 Å². The van der Waals surface area contributed by atoms with Gasteiger partial charge in [0.25, 0.3) is 0 Å². The normalized spacial score (nSPS) is 10.4. The zero-order valence-corrected chi connectivity index (χ0v) is 18.1. The number of aromatic nitrogens is 2. The molecule has 3 aromatic carbocycles. The van der Waals surface area contributed by atoms with Gasteiger partial charge in [-0.05, 0) is 53.6 Å². The van der Waals surface area contributed by atoms with Crippen LogP contribution in [-0.2, 0) is 11.4 Å². The van der Waals surface area contributed by atoms with Gasteiger partial charge in [0.05, 0.1) is 5.56 Å². The second-order valence-corrected chi connectivity index (χ2v) is 7.20. The molecule has 8 heteroatoms. The topological polar surface area (TPSA) is 99.4 Å². The van der Waals surface area contributed by atoms with Crippen LogP contribution in [-0.4, -0.2) is 15.9 Å². The Balaban J connectivity index is 1.52. The Morgan fingerprint density at radius 3 is 2.53 bits per heavy atom. The number of ether oxygens (including phenoxy) is 2. The molecule has 3 N–H and O–H groups in total. The summed E-state index contributed by atoms with van der Waals surface area (Å²) in [4.78, 5) is 19.9. The highest BCUT2D eigenvalue weighted by molar-refractivity contribution is 5.98. The van der Waals surface area contributed by atoms with E-state index in [1.54, 1.807) is 48.5 Å². The Kier molecular flexibility index (Phi) is 6.78. The number of halogens is 1. The maximum Gasteiger partial charge on any atom is 0.247 e. The van der Waals surface area contributed by atoms with Crippen molar-refractivity contribution in [3.63, 3.8) is 0 Å². The standard InChI is InChI=1S/C26H21FN4O3/c1-2-23(32)31-20-4-3-5-22(14-20)34-26-24(25(28)29-16-30-26)18-8-12-21(13-9-18)33-15-17-6-10-19(27)11-7-17/h2-14,16H,1,15H2,(H,31,32)(H2,28,29,30). The van der Waals surface area contributed by atoms with Gasteiger partial charge in [0, 0.05) is 11.8 Å². The number of amides is 1. The molecule has 0 unspecified atom stereocenters. The fourth-order valence-corrected chi connectivity index (χ4v) is 3.14. The third-order valence-electron chi connectivity index (χ3n) is 4.81. The van der Waals surface area contributed by atoms with Crippen molar-refractivity contribution >= 4 is 17.4 Å². The molecule has 1 heterocycles. The average Bonchev–Trinajstić information content (AvgIpc) is 2.84. The molecule has 1 aromatic heterocycles. The predicted molar refractivity (Wildman–Crippen MR) is 128 cm³/mol. The summed E-state index contributed by atoms with van der Waals surface area (Å²) in [6.45, 7) is 3.75. The Hall–Kier alpha value is -4.72. The number of carbonyl (C=O) groups is 1. The zero-order chi connectivity index (χ0) is 23.9. The number of nitrogens with zero attached hydrogens (tertiary/aromatic N) is 2. The lowest BCUT2D eigenvalue weighted by Crippen LogP contribution is -2.07. The second-order valence-electron chi connectivity index (χ2n) is 7.20. The molecule has 0 aliphatic carbocycles. The number of carbonyl (C=O) groups excluding carboxylic acids is 1. The highest BCUT2D eigenvalue weighted by Gasteiger charge is 2.15. The van der Waals surface area contributed by atoms with E-state index in [0.29, 0.717) is 29.4 Å². The van der Waals surface area contributed by atoms with Gasteiger partial charge in [0.1, 0.15) is 36.1 Å². The third-order valence-corrected chi connectivity index (χ3v) is 4.81. The molecule has 7 nitrogen and oxygen atoms in total. The molecule has 0 saturated carbocycles. The van der Waals surface area contributed by atoms with E-state index in [4.69, 9.17) is 15.2 Å². The number of benzene rings is 3. The van der Waals surface area contributed by atoms with E-state index in [-0.39, 0.29) is 23.4 Å². The van der Waals surface area contributed by atoms with Gasteiger partial charge in [-0.2, -0.15) is 0 Å². The van der Waals surface area contributed by atoms with Crippen LogP contribution in [0.1, 0.15) is 5.56 Å². The van der Waals surface area contributed by atoms with Crippen LogP contribution in [0.15, 0.2) is 91.8 Å². The molecule has 0 atom stereocenters. The van der Waals surface area contributed by atoms with Crippen LogP contribution in [0, 0.1) is 5.82 Å². The Morgan fingerprint density at radius 1 is 1.03 bits per heavy atom. The van der Waals surface area contributed by atoms with Crippen molar-refractivity contribution in [2.24, 2.45) is 0 Å². The van der Waals surface area contributed by atoms with Gasteiger partial charge < -0.3 is 20.5 Å². The van der Waals surface area contributed by atoms with Gasteiger partial charge >= 0.3 is 0 Å². The largest absolute Gasteiger partial charge is 0.489 e. The smallest absolute Gasteiger partial charge is 0.247 e.